The van der Waals surface area contributed by atoms with E-state index in [1.54, 1.807) is 0 Å². The number of amides is 1. The first kappa shape index (κ1) is 16.0. The number of primary amides is 1. The highest BCUT2D eigenvalue weighted by molar-refractivity contribution is 9.10. The Balaban J connectivity index is 2.21. The van der Waals surface area contributed by atoms with Gasteiger partial charge in [-0.25, -0.2) is 0 Å². The van der Waals surface area contributed by atoms with Crippen molar-refractivity contribution in [1.82, 2.24) is 0 Å². The molecular formula is C16H16Br2N2O. The monoisotopic (exact) mass is 410 g/mol. The summed E-state index contributed by atoms with van der Waals surface area (Å²) in [7, 11) is 0. The van der Waals surface area contributed by atoms with Gasteiger partial charge in [0.1, 0.15) is 5.54 Å². The Bertz CT molecular complexity index is 576. The second-order valence-corrected chi connectivity index (χ2v) is 6.96. The van der Waals surface area contributed by atoms with Crippen molar-refractivity contribution in [2.24, 2.45) is 5.73 Å². The molecule has 1 unspecified atom stereocenters. The molecular weight excluding hydrogens is 396 g/mol. The summed E-state index contributed by atoms with van der Waals surface area (Å²) in [5.74, 6) is -0.381. The molecule has 0 radical (unpaired) electrons. The van der Waals surface area contributed by atoms with Crippen LogP contribution in [0.1, 0.15) is 12.5 Å². The van der Waals surface area contributed by atoms with E-state index in [-0.39, 0.29) is 5.91 Å². The topological polar surface area (TPSA) is 55.1 Å². The average molecular weight is 412 g/mol. The van der Waals surface area contributed by atoms with Crippen LogP contribution in [0.4, 0.5) is 5.69 Å². The van der Waals surface area contributed by atoms with Gasteiger partial charge in [-0.1, -0.05) is 44.0 Å². The Morgan fingerprint density at radius 3 is 2.00 bits per heavy atom. The third-order valence-corrected chi connectivity index (χ3v) is 4.34. The van der Waals surface area contributed by atoms with Crippen LogP contribution in [0.3, 0.4) is 0 Å². The first-order valence-electron chi connectivity index (χ1n) is 6.47. The number of hydrogen-bond acceptors (Lipinski definition) is 2. The number of hydrogen-bond donors (Lipinski definition) is 2. The van der Waals surface area contributed by atoms with Crippen molar-refractivity contribution >= 4 is 43.5 Å². The summed E-state index contributed by atoms with van der Waals surface area (Å²) in [6.45, 7) is 1.82. The van der Waals surface area contributed by atoms with Crippen LogP contribution >= 0.6 is 31.9 Å². The van der Waals surface area contributed by atoms with Crippen LogP contribution in [0, 0.1) is 0 Å². The second-order valence-electron chi connectivity index (χ2n) is 5.13. The van der Waals surface area contributed by atoms with E-state index in [9.17, 15) is 4.79 Å². The summed E-state index contributed by atoms with van der Waals surface area (Å²) in [4.78, 5) is 11.9. The van der Waals surface area contributed by atoms with Crippen molar-refractivity contribution in [1.29, 1.82) is 0 Å². The molecule has 0 aliphatic rings. The number of rotatable bonds is 5. The number of anilines is 1. The van der Waals surface area contributed by atoms with Crippen molar-refractivity contribution in [3.63, 3.8) is 0 Å². The predicted molar refractivity (Wildman–Crippen MR) is 93.2 cm³/mol. The van der Waals surface area contributed by atoms with E-state index in [1.165, 1.54) is 0 Å². The van der Waals surface area contributed by atoms with Crippen LogP contribution in [-0.4, -0.2) is 11.4 Å². The van der Waals surface area contributed by atoms with Gasteiger partial charge in [-0.2, -0.15) is 0 Å². The van der Waals surface area contributed by atoms with Crippen molar-refractivity contribution in [2.45, 2.75) is 18.9 Å². The van der Waals surface area contributed by atoms with Gasteiger partial charge in [0.15, 0.2) is 0 Å². The van der Waals surface area contributed by atoms with Crippen molar-refractivity contribution < 1.29 is 4.79 Å². The van der Waals surface area contributed by atoms with Crippen LogP contribution in [-0.2, 0) is 11.2 Å². The molecule has 2 rings (SSSR count). The van der Waals surface area contributed by atoms with Crippen LogP contribution in [0.15, 0.2) is 57.5 Å². The second kappa shape index (κ2) is 6.62. The van der Waals surface area contributed by atoms with E-state index in [2.05, 4.69) is 37.2 Å². The maximum atomic E-state index is 11.9. The third-order valence-electron chi connectivity index (χ3n) is 3.28. The highest BCUT2D eigenvalue weighted by atomic mass is 79.9. The van der Waals surface area contributed by atoms with Gasteiger partial charge in [-0.3, -0.25) is 4.79 Å². The minimum Gasteiger partial charge on any atom is -0.371 e. The maximum Gasteiger partial charge on any atom is 0.243 e. The highest BCUT2D eigenvalue weighted by Crippen LogP contribution is 2.22. The summed E-state index contributed by atoms with van der Waals surface area (Å²) in [5, 5.41) is 3.24. The Morgan fingerprint density at radius 1 is 1.05 bits per heavy atom. The van der Waals surface area contributed by atoms with E-state index < -0.39 is 5.54 Å². The van der Waals surface area contributed by atoms with Gasteiger partial charge < -0.3 is 11.1 Å². The Morgan fingerprint density at radius 2 is 1.52 bits per heavy atom. The number of halogens is 2. The molecule has 0 saturated heterocycles. The third kappa shape index (κ3) is 4.32. The van der Waals surface area contributed by atoms with E-state index in [0.717, 1.165) is 20.2 Å². The predicted octanol–water partition coefficient (Wildman–Crippen LogP) is 4.11. The molecule has 5 heteroatoms. The zero-order chi connectivity index (χ0) is 15.5. The molecule has 3 N–H and O–H groups in total. The lowest BCUT2D eigenvalue weighted by atomic mass is 9.91. The first-order chi connectivity index (χ1) is 9.89. The number of carbonyl (C=O) groups is 1. The number of nitrogens with two attached hydrogens (primary N) is 1. The van der Waals surface area contributed by atoms with Gasteiger partial charge in [0, 0.05) is 21.1 Å². The van der Waals surface area contributed by atoms with Crippen LogP contribution in [0.25, 0.3) is 0 Å². The summed E-state index contributed by atoms with van der Waals surface area (Å²) >= 11 is 6.79. The minimum atomic E-state index is -0.846. The summed E-state index contributed by atoms with van der Waals surface area (Å²) in [6, 6.07) is 15.5. The van der Waals surface area contributed by atoms with E-state index in [4.69, 9.17) is 5.73 Å². The van der Waals surface area contributed by atoms with Gasteiger partial charge in [0.05, 0.1) is 0 Å². The summed E-state index contributed by atoms with van der Waals surface area (Å²) < 4.78 is 2.00. The molecule has 0 heterocycles. The molecule has 0 spiro atoms. The van der Waals surface area contributed by atoms with Gasteiger partial charge in [-0.15, -0.1) is 0 Å². The van der Waals surface area contributed by atoms with Crippen LogP contribution < -0.4 is 11.1 Å². The first-order valence-corrected chi connectivity index (χ1v) is 8.06. The SMILES string of the molecule is CC(Cc1ccc(Br)cc1)(Nc1ccc(Br)cc1)C(N)=O. The van der Waals surface area contributed by atoms with Gasteiger partial charge in [0.2, 0.25) is 5.91 Å². The molecule has 21 heavy (non-hydrogen) atoms. The minimum absolute atomic E-state index is 0.381. The van der Waals surface area contributed by atoms with Crippen LogP contribution in [0.2, 0.25) is 0 Å². The smallest absolute Gasteiger partial charge is 0.243 e. The summed E-state index contributed by atoms with van der Waals surface area (Å²) in [6.07, 6.45) is 0.520. The zero-order valence-electron chi connectivity index (χ0n) is 11.6. The molecule has 2 aromatic carbocycles. The fourth-order valence-corrected chi connectivity index (χ4v) is 2.58. The largest absolute Gasteiger partial charge is 0.371 e. The van der Waals surface area contributed by atoms with Crippen LogP contribution in [0.5, 0.6) is 0 Å². The average Bonchev–Trinajstić information content (AvgIpc) is 2.44. The molecule has 0 aromatic heterocycles. The molecule has 0 fully saturated rings. The summed E-state index contributed by atoms with van der Waals surface area (Å²) in [5.41, 5.74) is 6.66. The van der Waals surface area contributed by atoms with E-state index in [0.29, 0.717) is 6.42 Å². The van der Waals surface area contributed by atoms with Crippen molar-refractivity contribution in [3.05, 3.63) is 63.0 Å². The molecule has 0 aliphatic carbocycles. The Labute approximate surface area is 141 Å². The molecule has 1 atom stereocenters. The molecule has 0 saturated carbocycles. The van der Waals surface area contributed by atoms with Gasteiger partial charge >= 0.3 is 0 Å². The molecule has 3 nitrogen and oxygen atoms in total. The number of nitrogens with one attached hydrogen (secondary N) is 1. The molecule has 1 amide bonds. The Kier molecular flexibility index (Phi) is 5.06. The molecule has 110 valence electrons. The zero-order valence-corrected chi connectivity index (χ0v) is 14.7. The highest BCUT2D eigenvalue weighted by Gasteiger charge is 2.31. The van der Waals surface area contributed by atoms with Gasteiger partial charge in [-0.05, 0) is 48.9 Å². The lowest BCUT2D eigenvalue weighted by molar-refractivity contribution is -0.121. The van der Waals surface area contributed by atoms with Crippen molar-refractivity contribution in [3.8, 4) is 0 Å². The molecule has 0 aliphatic heterocycles. The van der Waals surface area contributed by atoms with E-state index >= 15 is 0 Å². The van der Waals surface area contributed by atoms with E-state index in [1.807, 2.05) is 55.5 Å². The molecule has 2 aromatic rings. The number of carbonyl (C=O) groups excluding carboxylic acids is 1. The lowest BCUT2D eigenvalue weighted by Crippen LogP contribution is -2.49. The molecule has 0 bridgehead atoms. The maximum absolute atomic E-state index is 11.9. The Hall–Kier alpha value is -1.33. The number of benzene rings is 2. The fraction of sp³-hybridized carbons (Fsp3) is 0.188. The quantitative estimate of drug-likeness (QED) is 0.777. The normalized spacial score (nSPS) is 13.5. The van der Waals surface area contributed by atoms with Gasteiger partial charge in [0.25, 0.3) is 0 Å². The van der Waals surface area contributed by atoms with Crippen molar-refractivity contribution in [2.75, 3.05) is 5.32 Å². The standard InChI is InChI=1S/C16H16Br2N2O/c1-16(15(19)21,10-11-2-4-12(17)5-3-11)20-14-8-6-13(18)7-9-14/h2-9,20H,10H2,1H3,(H2,19,21). The lowest BCUT2D eigenvalue weighted by Gasteiger charge is -2.29. The fourth-order valence-electron chi connectivity index (χ4n) is 2.06.